The lowest BCUT2D eigenvalue weighted by molar-refractivity contribution is 0.161. The maximum Gasteiger partial charge on any atom is 0.418 e. The molecule has 0 unspecified atom stereocenters. The fraction of sp³-hybridized carbons (Fsp3) is 0.190. The molecule has 2 heterocycles. The molecule has 1 aliphatic rings. The largest absolute Gasteiger partial charge is 0.493 e. The Balaban J connectivity index is 1.58. The van der Waals surface area contributed by atoms with Crippen LogP contribution in [0.25, 0.3) is 10.9 Å². The molecule has 1 N–H and O–H groups in total. The van der Waals surface area contributed by atoms with Crippen LogP contribution in [0.4, 0.5) is 19.7 Å². The molecular weight excluding hydrogens is 409 g/mol. The number of ether oxygens (including phenoxy) is 4. The van der Waals surface area contributed by atoms with Crippen molar-refractivity contribution in [2.45, 2.75) is 0 Å². The fourth-order valence-electron chi connectivity index (χ4n) is 3.09. The molecule has 0 bridgehead atoms. The van der Waals surface area contributed by atoms with Gasteiger partial charge in [-0.05, 0) is 24.3 Å². The SMILES string of the molecule is COc1cc2nccc(Oc3ccc(NC(=O)N4CCOC4=O)cc3F)c2cc1OC. The number of carbonyl (C=O) groups excluding carboxylic acids is 2. The number of pyridine rings is 1. The summed E-state index contributed by atoms with van der Waals surface area (Å²) in [4.78, 5) is 28.7. The highest BCUT2D eigenvalue weighted by atomic mass is 19.1. The number of methoxy groups -OCH3 is 2. The van der Waals surface area contributed by atoms with Gasteiger partial charge in [0.25, 0.3) is 0 Å². The Bertz CT molecular complexity index is 1170. The predicted molar refractivity (Wildman–Crippen MR) is 108 cm³/mol. The van der Waals surface area contributed by atoms with Crippen LogP contribution in [0.2, 0.25) is 0 Å². The number of amides is 3. The predicted octanol–water partition coefficient (Wildman–Crippen LogP) is 4.17. The number of urea groups is 1. The van der Waals surface area contributed by atoms with Gasteiger partial charge in [-0.2, -0.15) is 0 Å². The maximum absolute atomic E-state index is 14.7. The van der Waals surface area contributed by atoms with E-state index in [1.54, 1.807) is 18.2 Å². The Hall–Kier alpha value is -4.08. The first-order valence-corrected chi connectivity index (χ1v) is 9.23. The highest BCUT2D eigenvalue weighted by molar-refractivity contribution is 5.99. The maximum atomic E-state index is 14.7. The van der Waals surface area contributed by atoms with Crippen LogP contribution in [0.5, 0.6) is 23.0 Å². The number of hydrogen-bond donors (Lipinski definition) is 1. The standard InChI is InChI=1S/C21H18FN3O6/c1-28-18-10-13-15(11-19(18)29-2)23-6-5-16(13)31-17-4-3-12(9-14(17)22)24-20(26)25-7-8-30-21(25)27/h3-6,9-11H,7-8H2,1-2H3,(H,24,26). The van der Waals surface area contributed by atoms with E-state index in [1.165, 1.54) is 32.5 Å². The summed E-state index contributed by atoms with van der Waals surface area (Å²) in [6, 6.07) is 8.23. The lowest BCUT2D eigenvalue weighted by atomic mass is 10.2. The van der Waals surface area contributed by atoms with E-state index in [0.29, 0.717) is 28.2 Å². The number of anilines is 1. The number of cyclic esters (lactones) is 1. The second-order valence-electron chi connectivity index (χ2n) is 6.48. The normalized spacial score (nSPS) is 13.1. The van der Waals surface area contributed by atoms with E-state index >= 15 is 0 Å². The topological polar surface area (TPSA) is 99.2 Å². The van der Waals surface area contributed by atoms with Crippen molar-refractivity contribution in [3.05, 3.63) is 48.4 Å². The highest BCUT2D eigenvalue weighted by Crippen LogP contribution is 2.37. The van der Waals surface area contributed by atoms with E-state index in [9.17, 15) is 14.0 Å². The average molecular weight is 427 g/mol. The number of imide groups is 1. The van der Waals surface area contributed by atoms with Crippen LogP contribution in [-0.4, -0.2) is 49.4 Å². The molecule has 1 aromatic heterocycles. The molecular formula is C21H18FN3O6. The van der Waals surface area contributed by atoms with Gasteiger partial charge in [0.05, 0.1) is 26.3 Å². The molecule has 3 aromatic rings. The van der Waals surface area contributed by atoms with Crippen molar-refractivity contribution in [3.8, 4) is 23.0 Å². The van der Waals surface area contributed by atoms with Crippen LogP contribution in [0.1, 0.15) is 0 Å². The van der Waals surface area contributed by atoms with Crippen molar-refractivity contribution in [2.24, 2.45) is 0 Å². The number of aromatic nitrogens is 1. The van der Waals surface area contributed by atoms with Crippen LogP contribution in [-0.2, 0) is 4.74 Å². The van der Waals surface area contributed by atoms with Crippen LogP contribution in [0.15, 0.2) is 42.6 Å². The first kappa shape index (κ1) is 20.2. The summed E-state index contributed by atoms with van der Waals surface area (Å²) in [6.45, 7) is 0.266. The number of nitrogens with zero attached hydrogens (tertiary/aromatic N) is 2. The molecule has 4 rings (SSSR count). The molecule has 0 aliphatic carbocycles. The van der Waals surface area contributed by atoms with Gasteiger partial charge in [0.15, 0.2) is 23.1 Å². The molecule has 1 fully saturated rings. The van der Waals surface area contributed by atoms with E-state index in [-0.39, 0.29) is 24.6 Å². The lowest BCUT2D eigenvalue weighted by Gasteiger charge is -2.14. The zero-order valence-electron chi connectivity index (χ0n) is 16.7. The molecule has 31 heavy (non-hydrogen) atoms. The van der Waals surface area contributed by atoms with Crippen molar-refractivity contribution in [1.82, 2.24) is 9.88 Å². The van der Waals surface area contributed by atoms with E-state index in [4.69, 9.17) is 18.9 Å². The van der Waals surface area contributed by atoms with Crippen molar-refractivity contribution < 1.29 is 32.9 Å². The minimum atomic E-state index is -0.741. The van der Waals surface area contributed by atoms with Crippen LogP contribution >= 0.6 is 0 Å². The van der Waals surface area contributed by atoms with Crippen LogP contribution in [0.3, 0.4) is 0 Å². The Kier molecular flexibility index (Phi) is 5.44. The molecule has 1 aliphatic heterocycles. The van der Waals surface area contributed by atoms with Gasteiger partial charge in [-0.15, -0.1) is 0 Å². The second-order valence-corrected chi connectivity index (χ2v) is 6.48. The molecule has 2 aromatic carbocycles. The third kappa shape index (κ3) is 4.00. The Morgan fingerprint density at radius 3 is 2.55 bits per heavy atom. The highest BCUT2D eigenvalue weighted by Gasteiger charge is 2.28. The van der Waals surface area contributed by atoms with Gasteiger partial charge in [-0.25, -0.2) is 18.9 Å². The third-order valence-electron chi connectivity index (χ3n) is 4.62. The summed E-state index contributed by atoms with van der Waals surface area (Å²) in [6.07, 6.45) is 0.792. The van der Waals surface area contributed by atoms with Crippen LogP contribution < -0.4 is 19.5 Å². The summed E-state index contributed by atoms with van der Waals surface area (Å²) in [7, 11) is 3.03. The molecule has 0 saturated carbocycles. The molecule has 10 heteroatoms. The Labute approximate surface area is 176 Å². The van der Waals surface area contributed by atoms with Gasteiger partial charge >= 0.3 is 12.1 Å². The summed E-state index contributed by atoms with van der Waals surface area (Å²) < 4.78 is 35.7. The molecule has 0 atom stereocenters. The van der Waals surface area contributed by atoms with Crippen molar-refractivity contribution >= 4 is 28.7 Å². The van der Waals surface area contributed by atoms with Gasteiger partial charge in [0, 0.05) is 29.4 Å². The Morgan fingerprint density at radius 2 is 1.87 bits per heavy atom. The minimum absolute atomic E-state index is 0.0548. The molecule has 9 nitrogen and oxygen atoms in total. The summed E-state index contributed by atoms with van der Waals surface area (Å²) in [5.74, 6) is 0.592. The van der Waals surface area contributed by atoms with E-state index < -0.39 is 17.9 Å². The molecule has 1 saturated heterocycles. The molecule has 0 radical (unpaired) electrons. The number of nitrogens with one attached hydrogen (secondary N) is 1. The summed E-state index contributed by atoms with van der Waals surface area (Å²) in [5, 5.41) is 3.06. The van der Waals surface area contributed by atoms with E-state index in [0.717, 1.165) is 11.0 Å². The van der Waals surface area contributed by atoms with Gasteiger partial charge in [0.1, 0.15) is 12.4 Å². The van der Waals surface area contributed by atoms with E-state index in [1.807, 2.05) is 0 Å². The van der Waals surface area contributed by atoms with Crippen molar-refractivity contribution in [2.75, 3.05) is 32.7 Å². The zero-order valence-corrected chi connectivity index (χ0v) is 16.7. The Morgan fingerprint density at radius 1 is 1.10 bits per heavy atom. The van der Waals surface area contributed by atoms with Gasteiger partial charge in [0.2, 0.25) is 0 Å². The quantitative estimate of drug-likeness (QED) is 0.652. The van der Waals surface area contributed by atoms with Crippen molar-refractivity contribution in [3.63, 3.8) is 0 Å². The summed E-state index contributed by atoms with van der Waals surface area (Å²) >= 11 is 0. The number of rotatable bonds is 5. The van der Waals surface area contributed by atoms with Gasteiger partial charge in [-0.1, -0.05) is 0 Å². The molecule has 0 spiro atoms. The average Bonchev–Trinajstić information content (AvgIpc) is 3.20. The van der Waals surface area contributed by atoms with Gasteiger partial charge < -0.3 is 24.3 Å². The molecule has 3 amide bonds. The van der Waals surface area contributed by atoms with E-state index in [2.05, 4.69) is 10.3 Å². The number of fused-ring (bicyclic) bond motifs is 1. The second kappa shape index (κ2) is 8.34. The number of carbonyl (C=O) groups is 2. The molecule has 160 valence electrons. The lowest BCUT2D eigenvalue weighted by Crippen LogP contribution is -2.35. The number of halogens is 1. The third-order valence-corrected chi connectivity index (χ3v) is 4.62. The zero-order chi connectivity index (χ0) is 22.0. The number of benzene rings is 2. The number of hydrogen-bond acceptors (Lipinski definition) is 7. The first-order chi connectivity index (χ1) is 15.0. The van der Waals surface area contributed by atoms with Crippen molar-refractivity contribution in [1.29, 1.82) is 0 Å². The monoisotopic (exact) mass is 427 g/mol. The smallest absolute Gasteiger partial charge is 0.418 e. The van der Waals surface area contributed by atoms with Crippen LogP contribution in [0, 0.1) is 5.82 Å². The summed E-state index contributed by atoms with van der Waals surface area (Å²) in [5.41, 5.74) is 0.748. The minimum Gasteiger partial charge on any atom is -0.493 e. The fourth-order valence-corrected chi connectivity index (χ4v) is 3.09. The van der Waals surface area contributed by atoms with Gasteiger partial charge in [-0.3, -0.25) is 4.98 Å². The first-order valence-electron chi connectivity index (χ1n) is 9.23.